The number of nitrogen functional groups attached to an aromatic ring is 2. The molecule has 4 N–H and O–H groups in total. The number of likely N-dealkylation sites (tertiary alicyclic amines) is 1. The molecule has 5 heteroatoms. The number of rotatable bonds is 2. The van der Waals surface area contributed by atoms with Gasteiger partial charge in [0.1, 0.15) is 0 Å². The van der Waals surface area contributed by atoms with Gasteiger partial charge in [0.2, 0.25) is 0 Å². The highest BCUT2D eigenvalue weighted by molar-refractivity contribution is 5.57. The molecule has 0 radical (unpaired) electrons. The molecule has 0 amide bonds. The molecule has 0 aliphatic carbocycles. The average molecular weight is 221 g/mol. The van der Waals surface area contributed by atoms with Gasteiger partial charge in [-0.15, -0.1) is 5.10 Å². The summed E-state index contributed by atoms with van der Waals surface area (Å²) in [6.07, 6.45) is 3.64. The number of nitrogens with zero attached hydrogens (tertiary/aromatic N) is 3. The fourth-order valence-electron chi connectivity index (χ4n) is 2.30. The lowest BCUT2D eigenvalue weighted by Gasteiger charge is -2.34. The number of anilines is 2. The van der Waals surface area contributed by atoms with Gasteiger partial charge in [-0.25, -0.2) is 0 Å². The summed E-state index contributed by atoms with van der Waals surface area (Å²) in [5.41, 5.74) is 12.8. The molecular weight excluding hydrogens is 202 g/mol. The maximum Gasteiger partial charge on any atom is 0.169 e. The number of aromatic nitrogens is 2. The van der Waals surface area contributed by atoms with Crippen LogP contribution in [0, 0.1) is 0 Å². The molecular formula is C11H19N5. The molecule has 1 saturated heterocycles. The van der Waals surface area contributed by atoms with Crippen molar-refractivity contribution in [3.63, 3.8) is 0 Å². The highest BCUT2D eigenvalue weighted by Crippen LogP contribution is 2.30. The second kappa shape index (κ2) is 4.65. The number of hydrogen-bond donors (Lipinski definition) is 2. The summed E-state index contributed by atoms with van der Waals surface area (Å²) >= 11 is 0. The lowest BCUT2D eigenvalue weighted by molar-refractivity contribution is 0.153. The summed E-state index contributed by atoms with van der Waals surface area (Å²) in [6, 6.07) is 2.22. The quantitative estimate of drug-likeness (QED) is 0.784. The van der Waals surface area contributed by atoms with Crippen LogP contribution >= 0.6 is 0 Å². The van der Waals surface area contributed by atoms with E-state index in [2.05, 4.69) is 22.0 Å². The molecule has 0 bridgehead atoms. The molecule has 1 aromatic heterocycles. The Balaban J connectivity index is 2.23. The molecule has 2 heterocycles. The number of nitrogens with two attached hydrogens (primary N) is 2. The fourth-order valence-corrected chi connectivity index (χ4v) is 2.30. The minimum atomic E-state index is 0.322. The number of hydrogen-bond acceptors (Lipinski definition) is 5. The summed E-state index contributed by atoms with van der Waals surface area (Å²) in [4.78, 5) is 2.42. The summed E-state index contributed by atoms with van der Waals surface area (Å²) in [7, 11) is 0. The zero-order valence-electron chi connectivity index (χ0n) is 9.69. The summed E-state index contributed by atoms with van der Waals surface area (Å²) < 4.78 is 0. The third-order valence-electron chi connectivity index (χ3n) is 3.23. The highest BCUT2D eigenvalue weighted by Gasteiger charge is 2.24. The Bertz CT molecular complexity index is 365. The van der Waals surface area contributed by atoms with Crippen molar-refractivity contribution in [1.82, 2.24) is 15.1 Å². The SMILES string of the molecule is CCN1CCCCC1c1cc(N)c(N)nn1. The second-order valence-corrected chi connectivity index (χ2v) is 4.25. The normalized spacial score (nSPS) is 22.2. The molecule has 88 valence electrons. The third-order valence-corrected chi connectivity index (χ3v) is 3.23. The zero-order chi connectivity index (χ0) is 11.5. The van der Waals surface area contributed by atoms with Crippen LogP contribution in [0.1, 0.15) is 37.9 Å². The van der Waals surface area contributed by atoms with Gasteiger partial charge in [-0.3, -0.25) is 4.90 Å². The minimum absolute atomic E-state index is 0.322. The van der Waals surface area contributed by atoms with Crippen molar-refractivity contribution in [1.29, 1.82) is 0 Å². The average Bonchev–Trinajstić information content (AvgIpc) is 2.32. The summed E-state index contributed by atoms with van der Waals surface area (Å²) in [5, 5.41) is 8.06. The maximum absolute atomic E-state index is 5.77. The third kappa shape index (κ3) is 2.09. The fraction of sp³-hybridized carbons (Fsp3) is 0.636. The van der Waals surface area contributed by atoms with E-state index >= 15 is 0 Å². The van der Waals surface area contributed by atoms with Gasteiger partial charge in [0.05, 0.1) is 17.4 Å². The van der Waals surface area contributed by atoms with E-state index in [-0.39, 0.29) is 0 Å². The molecule has 1 fully saturated rings. The molecule has 1 aromatic rings. The largest absolute Gasteiger partial charge is 0.396 e. The van der Waals surface area contributed by atoms with Crippen LogP contribution in [0.5, 0.6) is 0 Å². The van der Waals surface area contributed by atoms with E-state index in [1.165, 1.54) is 12.8 Å². The monoisotopic (exact) mass is 221 g/mol. The second-order valence-electron chi connectivity index (χ2n) is 4.25. The van der Waals surface area contributed by atoms with Crippen molar-refractivity contribution in [2.24, 2.45) is 0 Å². The first-order chi connectivity index (χ1) is 7.72. The Hall–Kier alpha value is -1.36. The standard InChI is InChI=1S/C11H19N5/c1-2-16-6-4-3-5-10(16)9-7-8(12)11(13)15-14-9/h7,10H,2-6H2,1H3,(H2,12,14)(H2,13,15). The van der Waals surface area contributed by atoms with Crippen LogP contribution in [0.25, 0.3) is 0 Å². The van der Waals surface area contributed by atoms with Crippen molar-refractivity contribution in [2.45, 2.75) is 32.2 Å². The van der Waals surface area contributed by atoms with Gasteiger partial charge < -0.3 is 11.5 Å². The van der Waals surface area contributed by atoms with Crippen LogP contribution in [0.3, 0.4) is 0 Å². The van der Waals surface area contributed by atoms with E-state index in [9.17, 15) is 0 Å². The Labute approximate surface area is 95.8 Å². The predicted octanol–water partition coefficient (Wildman–Crippen LogP) is 1.19. The van der Waals surface area contributed by atoms with Gasteiger partial charge >= 0.3 is 0 Å². The first-order valence-electron chi connectivity index (χ1n) is 5.85. The van der Waals surface area contributed by atoms with Crippen LogP contribution < -0.4 is 11.5 Å². The van der Waals surface area contributed by atoms with E-state index in [4.69, 9.17) is 11.5 Å². The molecule has 0 saturated carbocycles. The van der Waals surface area contributed by atoms with Crippen molar-refractivity contribution in [3.05, 3.63) is 11.8 Å². The first-order valence-corrected chi connectivity index (χ1v) is 5.85. The Morgan fingerprint density at radius 3 is 2.88 bits per heavy atom. The number of piperidine rings is 1. The molecule has 1 aliphatic heterocycles. The topological polar surface area (TPSA) is 81.1 Å². The molecule has 0 aromatic carbocycles. The van der Waals surface area contributed by atoms with E-state index < -0.39 is 0 Å². The predicted molar refractivity (Wildman–Crippen MR) is 64.7 cm³/mol. The van der Waals surface area contributed by atoms with Crippen molar-refractivity contribution < 1.29 is 0 Å². The molecule has 1 unspecified atom stereocenters. The van der Waals surface area contributed by atoms with Crippen molar-refractivity contribution in [3.8, 4) is 0 Å². The van der Waals surface area contributed by atoms with Gasteiger partial charge in [-0.2, -0.15) is 5.10 Å². The first kappa shape index (κ1) is 11.1. The van der Waals surface area contributed by atoms with E-state index in [0.717, 1.165) is 25.2 Å². The van der Waals surface area contributed by atoms with E-state index in [1.807, 2.05) is 6.07 Å². The zero-order valence-corrected chi connectivity index (χ0v) is 9.69. The van der Waals surface area contributed by atoms with Crippen molar-refractivity contribution in [2.75, 3.05) is 24.6 Å². The van der Waals surface area contributed by atoms with Crippen LogP contribution in [0.4, 0.5) is 11.5 Å². The van der Waals surface area contributed by atoms with E-state index in [1.54, 1.807) is 0 Å². The van der Waals surface area contributed by atoms with Crippen LogP contribution in [-0.2, 0) is 0 Å². The van der Waals surface area contributed by atoms with Gasteiger partial charge in [0, 0.05) is 0 Å². The Morgan fingerprint density at radius 2 is 2.19 bits per heavy atom. The smallest absolute Gasteiger partial charge is 0.169 e. The maximum atomic E-state index is 5.77. The molecule has 5 nitrogen and oxygen atoms in total. The highest BCUT2D eigenvalue weighted by atomic mass is 15.2. The summed E-state index contributed by atoms with van der Waals surface area (Å²) in [6.45, 7) is 4.34. The van der Waals surface area contributed by atoms with Crippen LogP contribution in [-0.4, -0.2) is 28.2 Å². The van der Waals surface area contributed by atoms with E-state index in [0.29, 0.717) is 17.5 Å². The summed E-state index contributed by atoms with van der Waals surface area (Å²) in [5.74, 6) is 0.322. The van der Waals surface area contributed by atoms with Crippen LogP contribution in [0.15, 0.2) is 6.07 Å². The Kier molecular flexibility index (Phi) is 3.24. The molecule has 1 aliphatic rings. The molecule has 0 spiro atoms. The van der Waals surface area contributed by atoms with Gasteiger partial charge in [0.15, 0.2) is 5.82 Å². The lowest BCUT2D eigenvalue weighted by atomic mass is 9.99. The van der Waals surface area contributed by atoms with Gasteiger partial charge in [0.25, 0.3) is 0 Å². The molecule has 1 atom stereocenters. The minimum Gasteiger partial charge on any atom is -0.396 e. The van der Waals surface area contributed by atoms with Crippen molar-refractivity contribution >= 4 is 11.5 Å². The molecule has 2 rings (SSSR count). The van der Waals surface area contributed by atoms with Gasteiger partial charge in [-0.1, -0.05) is 13.3 Å². The Morgan fingerprint density at radius 1 is 1.38 bits per heavy atom. The molecule has 16 heavy (non-hydrogen) atoms. The van der Waals surface area contributed by atoms with Crippen LogP contribution in [0.2, 0.25) is 0 Å². The van der Waals surface area contributed by atoms with Gasteiger partial charge in [-0.05, 0) is 32.0 Å². The lowest BCUT2D eigenvalue weighted by Crippen LogP contribution is -2.33.